The monoisotopic (exact) mass is 348 g/mol. The summed E-state index contributed by atoms with van der Waals surface area (Å²) in [6, 6.07) is 0. The van der Waals surface area contributed by atoms with Crippen LogP contribution < -0.4 is 11.1 Å². The smallest absolute Gasteiger partial charge is 0.251 e. The van der Waals surface area contributed by atoms with Gasteiger partial charge in [0.1, 0.15) is 5.00 Å². The average Bonchev–Trinajstić information content (AvgIpc) is 2.75. The average molecular weight is 349 g/mol. The number of nitrogens with two attached hydrogens (primary N) is 1. The van der Waals surface area contributed by atoms with Crippen molar-refractivity contribution in [3.63, 3.8) is 0 Å². The van der Waals surface area contributed by atoms with Crippen LogP contribution in [0.5, 0.6) is 0 Å². The molecule has 4 nitrogen and oxygen atoms in total. The number of primary amides is 1. The van der Waals surface area contributed by atoms with E-state index in [1.165, 1.54) is 43.4 Å². The van der Waals surface area contributed by atoms with Crippen molar-refractivity contribution in [3.05, 3.63) is 16.0 Å². The molecule has 0 unspecified atom stereocenters. The van der Waals surface area contributed by atoms with E-state index in [0.29, 0.717) is 22.9 Å². The largest absolute Gasteiger partial charge is 0.365 e. The molecule has 3 rings (SSSR count). The summed E-state index contributed by atoms with van der Waals surface area (Å²) in [7, 11) is 0. The summed E-state index contributed by atoms with van der Waals surface area (Å²) < 4.78 is 0. The van der Waals surface area contributed by atoms with E-state index < -0.39 is 5.91 Å². The van der Waals surface area contributed by atoms with Gasteiger partial charge in [0, 0.05) is 11.3 Å². The molecule has 132 valence electrons. The molecule has 0 bridgehead atoms. The predicted octanol–water partition coefficient (Wildman–Crippen LogP) is 4.41. The van der Waals surface area contributed by atoms with Crippen LogP contribution in [0, 0.1) is 5.92 Å². The Morgan fingerprint density at radius 2 is 1.75 bits per heavy atom. The number of anilines is 1. The summed E-state index contributed by atoms with van der Waals surface area (Å²) in [6.07, 6.45) is 13.3. The van der Waals surface area contributed by atoms with Crippen LogP contribution in [0.1, 0.15) is 85.0 Å². The van der Waals surface area contributed by atoms with Crippen molar-refractivity contribution < 1.29 is 9.59 Å². The van der Waals surface area contributed by atoms with E-state index in [-0.39, 0.29) is 5.91 Å². The number of rotatable bonds is 5. The fourth-order valence-corrected chi connectivity index (χ4v) is 5.40. The van der Waals surface area contributed by atoms with Crippen LogP contribution in [-0.4, -0.2) is 11.8 Å². The van der Waals surface area contributed by atoms with Crippen molar-refractivity contribution in [1.29, 1.82) is 0 Å². The third kappa shape index (κ3) is 4.18. The fraction of sp³-hybridized carbons (Fsp3) is 0.684. The van der Waals surface area contributed by atoms with Gasteiger partial charge < -0.3 is 11.1 Å². The molecular formula is C19H28N2O2S. The zero-order valence-electron chi connectivity index (χ0n) is 14.4. The van der Waals surface area contributed by atoms with Gasteiger partial charge in [-0.25, -0.2) is 0 Å². The second-order valence-electron chi connectivity index (χ2n) is 7.22. The molecule has 0 radical (unpaired) electrons. The molecule has 0 spiro atoms. The molecule has 1 aromatic heterocycles. The topological polar surface area (TPSA) is 72.2 Å². The van der Waals surface area contributed by atoms with E-state index in [1.807, 2.05) is 0 Å². The first-order valence-corrected chi connectivity index (χ1v) is 10.2. The highest BCUT2D eigenvalue weighted by molar-refractivity contribution is 7.17. The second-order valence-corrected chi connectivity index (χ2v) is 8.33. The highest BCUT2D eigenvalue weighted by Gasteiger charge is 2.24. The molecule has 2 aliphatic rings. The van der Waals surface area contributed by atoms with Gasteiger partial charge in [-0.05, 0) is 43.6 Å². The van der Waals surface area contributed by atoms with Gasteiger partial charge in [0.25, 0.3) is 5.91 Å². The Labute approximate surface area is 148 Å². The number of aryl methyl sites for hydroxylation is 1. The first-order chi connectivity index (χ1) is 11.6. The molecule has 24 heavy (non-hydrogen) atoms. The molecule has 3 N–H and O–H groups in total. The molecule has 1 fully saturated rings. The molecule has 0 atom stereocenters. The van der Waals surface area contributed by atoms with E-state index in [0.717, 1.165) is 37.7 Å². The third-order valence-electron chi connectivity index (χ3n) is 5.43. The first kappa shape index (κ1) is 17.5. The molecule has 2 aliphatic carbocycles. The van der Waals surface area contributed by atoms with Crippen LogP contribution in [0.15, 0.2) is 0 Å². The maximum Gasteiger partial charge on any atom is 0.251 e. The molecular weight excluding hydrogens is 320 g/mol. The van der Waals surface area contributed by atoms with Gasteiger partial charge in [0.2, 0.25) is 5.91 Å². The predicted molar refractivity (Wildman–Crippen MR) is 98.5 cm³/mol. The maximum atomic E-state index is 12.4. The summed E-state index contributed by atoms with van der Waals surface area (Å²) in [5.41, 5.74) is 7.28. The zero-order chi connectivity index (χ0) is 16.9. The number of amides is 2. The van der Waals surface area contributed by atoms with E-state index in [4.69, 9.17) is 5.73 Å². The molecule has 1 heterocycles. The number of thiophene rings is 1. The number of nitrogens with one attached hydrogen (secondary N) is 1. The normalized spacial score (nSPS) is 18.7. The van der Waals surface area contributed by atoms with Crippen molar-refractivity contribution in [2.24, 2.45) is 11.7 Å². The number of hydrogen-bond donors (Lipinski definition) is 2. The Balaban J connectivity index is 1.65. The lowest BCUT2D eigenvalue weighted by Crippen LogP contribution is -2.18. The van der Waals surface area contributed by atoms with Crippen LogP contribution in [0.3, 0.4) is 0 Å². The highest BCUT2D eigenvalue weighted by Crippen LogP contribution is 2.37. The van der Waals surface area contributed by atoms with Gasteiger partial charge in [0.05, 0.1) is 5.56 Å². The van der Waals surface area contributed by atoms with Gasteiger partial charge in [-0.2, -0.15) is 0 Å². The van der Waals surface area contributed by atoms with Crippen LogP contribution in [0.2, 0.25) is 0 Å². The summed E-state index contributed by atoms with van der Waals surface area (Å²) in [4.78, 5) is 25.5. The Morgan fingerprint density at radius 3 is 2.50 bits per heavy atom. The van der Waals surface area contributed by atoms with Crippen molar-refractivity contribution in [2.45, 2.75) is 77.0 Å². The number of carbonyl (C=O) groups excluding carboxylic acids is 2. The van der Waals surface area contributed by atoms with E-state index in [9.17, 15) is 9.59 Å². The lowest BCUT2D eigenvalue weighted by molar-refractivity contribution is -0.116. The summed E-state index contributed by atoms with van der Waals surface area (Å²) >= 11 is 1.56. The SMILES string of the molecule is NC(=O)c1c(NC(=O)CCC2CCCCC2)sc2c1CCCCC2. The van der Waals surface area contributed by atoms with E-state index in [1.54, 1.807) is 11.3 Å². The minimum atomic E-state index is -0.406. The maximum absolute atomic E-state index is 12.4. The quantitative estimate of drug-likeness (QED) is 0.773. The number of hydrogen-bond acceptors (Lipinski definition) is 3. The summed E-state index contributed by atoms with van der Waals surface area (Å²) in [5, 5.41) is 3.67. The van der Waals surface area contributed by atoms with E-state index in [2.05, 4.69) is 5.32 Å². The Hall–Kier alpha value is -1.36. The van der Waals surface area contributed by atoms with Crippen LogP contribution in [0.25, 0.3) is 0 Å². The van der Waals surface area contributed by atoms with E-state index >= 15 is 0 Å². The van der Waals surface area contributed by atoms with Gasteiger partial charge in [-0.15, -0.1) is 11.3 Å². The highest BCUT2D eigenvalue weighted by atomic mass is 32.1. The van der Waals surface area contributed by atoms with Crippen LogP contribution in [-0.2, 0) is 17.6 Å². The molecule has 0 aliphatic heterocycles. The second kappa shape index (κ2) is 8.15. The van der Waals surface area contributed by atoms with Crippen LogP contribution in [0.4, 0.5) is 5.00 Å². The Morgan fingerprint density at radius 1 is 1.04 bits per heavy atom. The molecule has 1 aromatic rings. The van der Waals surface area contributed by atoms with Gasteiger partial charge in [-0.1, -0.05) is 38.5 Å². The van der Waals surface area contributed by atoms with Crippen molar-refractivity contribution in [3.8, 4) is 0 Å². The molecule has 2 amide bonds. The lowest BCUT2D eigenvalue weighted by atomic mass is 9.86. The van der Waals surface area contributed by atoms with Crippen molar-refractivity contribution >= 4 is 28.2 Å². The van der Waals surface area contributed by atoms with Gasteiger partial charge >= 0.3 is 0 Å². The number of carbonyl (C=O) groups is 2. The van der Waals surface area contributed by atoms with Crippen molar-refractivity contribution in [1.82, 2.24) is 0 Å². The van der Waals surface area contributed by atoms with Crippen molar-refractivity contribution in [2.75, 3.05) is 5.32 Å². The Bertz CT molecular complexity index is 603. The molecule has 1 saturated carbocycles. The minimum Gasteiger partial charge on any atom is -0.365 e. The van der Waals surface area contributed by atoms with Crippen LogP contribution >= 0.6 is 11.3 Å². The molecule has 5 heteroatoms. The zero-order valence-corrected chi connectivity index (χ0v) is 15.2. The fourth-order valence-electron chi connectivity index (χ4n) is 4.09. The first-order valence-electron chi connectivity index (χ1n) is 9.39. The molecule has 0 aromatic carbocycles. The summed E-state index contributed by atoms with van der Waals surface area (Å²) in [6.45, 7) is 0. The summed E-state index contributed by atoms with van der Waals surface area (Å²) in [5.74, 6) is 0.316. The molecule has 0 saturated heterocycles. The Kier molecular flexibility index (Phi) is 5.93. The lowest BCUT2D eigenvalue weighted by Gasteiger charge is -2.20. The minimum absolute atomic E-state index is 0.0273. The van der Waals surface area contributed by atoms with Gasteiger partial charge in [0.15, 0.2) is 0 Å². The number of fused-ring (bicyclic) bond motifs is 1. The standard InChI is InChI=1S/C19H28N2O2S/c20-18(23)17-14-9-5-2-6-10-15(14)24-19(17)21-16(22)12-11-13-7-3-1-4-8-13/h13H,1-12H2,(H2,20,23)(H,21,22). The third-order valence-corrected chi connectivity index (χ3v) is 6.63. The van der Waals surface area contributed by atoms with Gasteiger partial charge in [-0.3, -0.25) is 9.59 Å².